The summed E-state index contributed by atoms with van der Waals surface area (Å²) in [5.74, 6) is -0.0960. The summed E-state index contributed by atoms with van der Waals surface area (Å²) in [6.45, 7) is 6.87. The Morgan fingerprint density at radius 3 is 1.87 bits per heavy atom. The standard InChI is InChI=1S/C25H34Cl2NOP/c1-4-7-14-30(15-8-5-2,16-9-6-3)24-13-11-10-12-20(24)19-28-21-17-22(26)25(29)23(27)18-21/h10-13,17-19H,4-9,14-16H2,1-3H3/p+1. The minimum atomic E-state index is -1.27. The molecule has 0 saturated carbocycles. The van der Waals surface area contributed by atoms with Crippen molar-refractivity contribution in [3.63, 3.8) is 0 Å². The van der Waals surface area contributed by atoms with E-state index >= 15 is 0 Å². The zero-order valence-electron chi connectivity index (χ0n) is 18.5. The molecule has 0 unspecified atom stereocenters. The molecule has 0 fully saturated rings. The number of phenolic OH excluding ortho intramolecular Hbond substituents is 1. The van der Waals surface area contributed by atoms with Gasteiger partial charge >= 0.3 is 0 Å². The monoisotopic (exact) mass is 466 g/mol. The van der Waals surface area contributed by atoms with Gasteiger partial charge in [0, 0.05) is 19.0 Å². The van der Waals surface area contributed by atoms with E-state index in [1.165, 1.54) is 67.9 Å². The maximum atomic E-state index is 9.80. The van der Waals surface area contributed by atoms with Gasteiger partial charge in [-0.2, -0.15) is 0 Å². The SMILES string of the molecule is CCCC[P+](CCCC)(CCCC)c1ccccc1C=Nc1cc(Cl)c(O)c(Cl)c1. The fourth-order valence-electron chi connectivity index (χ4n) is 3.88. The number of benzene rings is 2. The van der Waals surface area contributed by atoms with Crippen molar-refractivity contribution in [1.29, 1.82) is 0 Å². The largest absolute Gasteiger partial charge is 0.505 e. The lowest BCUT2D eigenvalue weighted by molar-refractivity contribution is 0.476. The highest BCUT2D eigenvalue weighted by atomic mass is 35.5. The van der Waals surface area contributed by atoms with Crippen molar-refractivity contribution in [3.05, 3.63) is 52.0 Å². The Bertz CT molecular complexity index is 793. The van der Waals surface area contributed by atoms with Gasteiger partial charge in [-0.05, 0) is 43.5 Å². The fourth-order valence-corrected chi connectivity index (χ4v) is 9.59. The molecule has 0 heterocycles. The van der Waals surface area contributed by atoms with Gasteiger partial charge < -0.3 is 5.11 Å². The smallest absolute Gasteiger partial charge is 0.152 e. The zero-order chi connectivity index (χ0) is 22.0. The average molecular weight is 467 g/mol. The summed E-state index contributed by atoms with van der Waals surface area (Å²) < 4.78 is 0. The third-order valence-electron chi connectivity index (χ3n) is 5.62. The Balaban J connectivity index is 2.47. The Kier molecular flexibility index (Phi) is 10.7. The van der Waals surface area contributed by atoms with Gasteiger partial charge in [-0.3, -0.25) is 4.99 Å². The van der Waals surface area contributed by atoms with Crippen LogP contribution in [0.5, 0.6) is 5.75 Å². The van der Waals surface area contributed by atoms with Crippen LogP contribution in [0.3, 0.4) is 0 Å². The van der Waals surface area contributed by atoms with E-state index in [1.54, 1.807) is 12.1 Å². The number of rotatable bonds is 12. The molecule has 164 valence electrons. The van der Waals surface area contributed by atoms with Crippen molar-refractivity contribution < 1.29 is 5.11 Å². The van der Waals surface area contributed by atoms with Gasteiger partial charge in [0.15, 0.2) is 5.75 Å². The highest BCUT2D eigenvalue weighted by Gasteiger charge is 2.39. The van der Waals surface area contributed by atoms with Crippen LogP contribution in [0.2, 0.25) is 10.0 Å². The second-order valence-corrected chi connectivity index (χ2v) is 12.9. The van der Waals surface area contributed by atoms with Gasteiger partial charge in [0.1, 0.15) is 5.30 Å². The normalized spacial score (nSPS) is 12.0. The summed E-state index contributed by atoms with van der Waals surface area (Å²) in [4.78, 5) is 4.67. The number of hydrogen-bond donors (Lipinski definition) is 1. The summed E-state index contributed by atoms with van der Waals surface area (Å²) in [5.41, 5.74) is 1.85. The zero-order valence-corrected chi connectivity index (χ0v) is 20.9. The van der Waals surface area contributed by atoms with Crippen molar-refractivity contribution in [1.82, 2.24) is 0 Å². The van der Waals surface area contributed by atoms with Crippen LogP contribution in [0.4, 0.5) is 5.69 Å². The summed E-state index contributed by atoms with van der Waals surface area (Å²) in [6.07, 6.45) is 13.5. The number of aliphatic imine (C=N–C) groups is 1. The number of unbranched alkanes of at least 4 members (excludes halogenated alkanes) is 3. The van der Waals surface area contributed by atoms with E-state index < -0.39 is 7.26 Å². The van der Waals surface area contributed by atoms with Crippen molar-refractivity contribution >= 4 is 47.7 Å². The predicted octanol–water partition coefficient (Wildman–Crippen LogP) is 8.49. The molecule has 0 saturated heterocycles. The quantitative estimate of drug-likeness (QED) is 0.246. The Labute approximate surface area is 193 Å². The maximum absolute atomic E-state index is 9.80. The van der Waals surface area contributed by atoms with E-state index in [0.717, 1.165) is 0 Å². The maximum Gasteiger partial charge on any atom is 0.152 e. The highest BCUT2D eigenvalue weighted by Crippen LogP contribution is 2.60. The van der Waals surface area contributed by atoms with E-state index in [0.29, 0.717) is 5.69 Å². The summed E-state index contributed by atoms with van der Waals surface area (Å²) >= 11 is 12.1. The predicted molar refractivity (Wildman–Crippen MR) is 138 cm³/mol. The molecule has 0 aliphatic heterocycles. The lowest BCUT2D eigenvalue weighted by Crippen LogP contribution is -2.24. The van der Waals surface area contributed by atoms with Crippen LogP contribution in [0.25, 0.3) is 0 Å². The first-order valence-corrected chi connectivity index (χ1v) is 14.2. The van der Waals surface area contributed by atoms with E-state index in [1.807, 2.05) is 6.21 Å². The van der Waals surface area contributed by atoms with Gasteiger partial charge in [0.05, 0.1) is 34.2 Å². The molecule has 5 heteroatoms. The number of aromatic hydroxyl groups is 1. The summed E-state index contributed by atoms with van der Waals surface area (Å²) in [6, 6.07) is 12.1. The molecule has 0 aromatic heterocycles. The van der Waals surface area contributed by atoms with Crippen LogP contribution in [0.1, 0.15) is 64.9 Å². The van der Waals surface area contributed by atoms with Crippen molar-refractivity contribution in [2.75, 3.05) is 18.5 Å². The van der Waals surface area contributed by atoms with Gasteiger partial charge in [-0.25, -0.2) is 0 Å². The molecule has 2 aromatic rings. The van der Waals surface area contributed by atoms with Crippen molar-refractivity contribution in [2.24, 2.45) is 4.99 Å². The van der Waals surface area contributed by atoms with Crippen LogP contribution < -0.4 is 5.30 Å². The molecule has 0 atom stereocenters. The topological polar surface area (TPSA) is 32.6 Å². The third kappa shape index (κ3) is 6.71. The molecule has 0 spiro atoms. The van der Waals surface area contributed by atoms with Crippen LogP contribution >= 0.6 is 30.5 Å². The molecule has 0 bridgehead atoms. The molecular weight excluding hydrogens is 432 g/mol. The Hall–Kier alpha value is -1.08. The molecule has 30 heavy (non-hydrogen) atoms. The van der Waals surface area contributed by atoms with E-state index in [4.69, 9.17) is 23.2 Å². The van der Waals surface area contributed by atoms with Gasteiger partial charge in [-0.1, -0.05) is 75.4 Å². The second kappa shape index (κ2) is 12.7. The number of nitrogens with zero attached hydrogens (tertiary/aromatic N) is 1. The first-order chi connectivity index (χ1) is 14.5. The fraction of sp³-hybridized carbons (Fsp3) is 0.480. The van der Waals surface area contributed by atoms with Crippen LogP contribution in [-0.2, 0) is 0 Å². The first kappa shape index (κ1) is 25.2. The molecule has 2 rings (SSSR count). The average Bonchev–Trinajstić information content (AvgIpc) is 2.76. The first-order valence-electron chi connectivity index (χ1n) is 11.1. The Morgan fingerprint density at radius 2 is 1.37 bits per heavy atom. The highest BCUT2D eigenvalue weighted by molar-refractivity contribution is 7.83. The van der Waals surface area contributed by atoms with Crippen LogP contribution in [-0.4, -0.2) is 29.8 Å². The van der Waals surface area contributed by atoms with E-state index in [2.05, 4.69) is 50.0 Å². The van der Waals surface area contributed by atoms with E-state index in [-0.39, 0.29) is 15.8 Å². The van der Waals surface area contributed by atoms with Crippen LogP contribution in [0.15, 0.2) is 41.4 Å². The van der Waals surface area contributed by atoms with Gasteiger partial charge in [0.25, 0.3) is 0 Å². The third-order valence-corrected chi connectivity index (χ3v) is 11.1. The van der Waals surface area contributed by atoms with Crippen LogP contribution in [0, 0.1) is 0 Å². The number of halogens is 2. The minimum absolute atomic E-state index is 0.0960. The summed E-state index contributed by atoms with van der Waals surface area (Å²) in [7, 11) is -1.27. The number of hydrogen-bond acceptors (Lipinski definition) is 2. The van der Waals surface area contributed by atoms with E-state index in [9.17, 15) is 5.11 Å². The lowest BCUT2D eigenvalue weighted by Gasteiger charge is -2.29. The molecule has 2 nitrogen and oxygen atoms in total. The molecular formula is C25H35Cl2NOP+. The minimum Gasteiger partial charge on any atom is -0.505 e. The van der Waals surface area contributed by atoms with Gasteiger partial charge in [-0.15, -0.1) is 0 Å². The molecule has 2 aromatic carbocycles. The Morgan fingerprint density at radius 1 is 0.867 bits per heavy atom. The van der Waals surface area contributed by atoms with Gasteiger partial charge in [0.2, 0.25) is 0 Å². The molecule has 1 N–H and O–H groups in total. The van der Waals surface area contributed by atoms with Crippen molar-refractivity contribution in [2.45, 2.75) is 59.3 Å². The van der Waals surface area contributed by atoms with Crippen molar-refractivity contribution in [3.8, 4) is 5.75 Å². The molecule has 0 radical (unpaired) electrons. The lowest BCUT2D eigenvalue weighted by atomic mass is 10.2. The second-order valence-electron chi connectivity index (χ2n) is 7.95. The molecule has 0 aliphatic carbocycles. The number of phenols is 1. The summed E-state index contributed by atoms with van der Waals surface area (Å²) in [5, 5.41) is 11.8. The molecule has 0 aliphatic rings. The molecule has 0 amide bonds.